The van der Waals surface area contributed by atoms with E-state index in [1.807, 2.05) is 0 Å². The largest absolute Gasteiger partial charge is 0.417 e. The summed E-state index contributed by atoms with van der Waals surface area (Å²) in [7, 11) is 0. The second-order valence-electron chi connectivity index (χ2n) is 6.31. The van der Waals surface area contributed by atoms with Crippen LogP contribution in [0.2, 0.25) is 0 Å². The molecule has 1 unspecified atom stereocenters. The number of hydrogen-bond acceptors (Lipinski definition) is 3. The Morgan fingerprint density at radius 1 is 1.17 bits per heavy atom. The highest BCUT2D eigenvalue weighted by molar-refractivity contribution is 5.88. The molecule has 0 bridgehead atoms. The van der Waals surface area contributed by atoms with E-state index in [4.69, 9.17) is 0 Å². The molecule has 132 valence electrons. The number of hydrogen-bond donors (Lipinski definition) is 1. The van der Waals surface area contributed by atoms with E-state index < -0.39 is 30.7 Å². The molecular formula is C15H23F3N2O3. The van der Waals surface area contributed by atoms with Gasteiger partial charge in [-0.15, -0.1) is 0 Å². The highest BCUT2D eigenvalue weighted by atomic mass is 19.4. The van der Waals surface area contributed by atoms with E-state index in [9.17, 15) is 27.9 Å². The first-order valence-corrected chi connectivity index (χ1v) is 8.07. The number of aliphatic hydroxyl groups is 1. The van der Waals surface area contributed by atoms with Gasteiger partial charge in [-0.05, 0) is 19.3 Å². The van der Waals surface area contributed by atoms with Gasteiger partial charge in [-0.2, -0.15) is 13.2 Å². The minimum atomic E-state index is -4.68. The zero-order valence-corrected chi connectivity index (χ0v) is 13.2. The Hall–Kier alpha value is -1.31. The lowest BCUT2D eigenvalue weighted by Gasteiger charge is -2.42. The number of rotatable bonds is 2. The fourth-order valence-corrected chi connectivity index (χ4v) is 3.28. The van der Waals surface area contributed by atoms with Crippen molar-refractivity contribution in [1.82, 2.24) is 9.80 Å². The molecule has 2 amide bonds. The number of alkyl halides is 3. The summed E-state index contributed by atoms with van der Waals surface area (Å²) in [6.07, 6.45) is -3.21. The van der Waals surface area contributed by atoms with Crippen molar-refractivity contribution in [2.75, 3.05) is 19.6 Å². The maximum absolute atomic E-state index is 12.8. The number of carbonyl (C=O) groups excluding carboxylic acids is 2. The molecule has 0 aromatic carbocycles. The summed E-state index contributed by atoms with van der Waals surface area (Å²) in [4.78, 5) is 27.5. The zero-order valence-electron chi connectivity index (χ0n) is 13.2. The van der Waals surface area contributed by atoms with Gasteiger partial charge < -0.3 is 14.9 Å². The summed E-state index contributed by atoms with van der Waals surface area (Å²) in [5.41, 5.74) is -2.71. The molecular weight excluding hydrogens is 313 g/mol. The van der Waals surface area contributed by atoms with Crippen LogP contribution in [-0.2, 0) is 9.59 Å². The lowest BCUT2D eigenvalue weighted by Crippen LogP contribution is -2.58. The van der Waals surface area contributed by atoms with Crippen LogP contribution in [0.5, 0.6) is 0 Å². The third kappa shape index (κ3) is 3.62. The van der Waals surface area contributed by atoms with Gasteiger partial charge in [-0.3, -0.25) is 9.59 Å². The monoisotopic (exact) mass is 336 g/mol. The van der Waals surface area contributed by atoms with Crippen LogP contribution in [0.15, 0.2) is 0 Å². The normalized spacial score (nSPS) is 25.3. The number of carbonyl (C=O) groups is 2. The second-order valence-corrected chi connectivity index (χ2v) is 6.31. The van der Waals surface area contributed by atoms with E-state index in [2.05, 4.69) is 0 Å². The second kappa shape index (κ2) is 6.67. The number of nitrogens with zero attached hydrogens (tertiary/aromatic N) is 2. The van der Waals surface area contributed by atoms with Gasteiger partial charge in [-0.25, -0.2) is 0 Å². The smallest absolute Gasteiger partial charge is 0.380 e. The summed E-state index contributed by atoms with van der Waals surface area (Å²) in [5.74, 6) is -0.400. The van der Waals surface area contributed by atoms with Gasteiger partial charge in [-0.1, -0.05) is 6.92 Å². The number of halogens is 3. The van der Waals surface area contributed by atoms with Crippen LogP contribution >= 0.6 is 0 Å². The predicted octanol–water partition coefficient (Wildman–Crippen LogP) is 1.69. The zero-order chi connectivity index (χ0) is 17.3. The first-order valence-electron chi connectivity index (χ1n) is 8.07. The molecule has 5 nitrogen and oxygen atoms in total. The van der Waals surface area contributed by atoms with Crippen LogP contribution in [0.3, 0.4) is 0 Å². The average Bonchev–Trinajstić information content (AvgIpc) is 2.53. The van der Waals surface area contributed by atoms with Crippen LogP contribution in [0.1, 0.15) is 45.4 Å². The highest BCUT2D eigenvalue weighted by Crippen LogP contribution is 2.38. The molecule has 2 rings (SSSR count). The maximum Gasteiger partial charge on any atom is 0.417 e. The Labute approximate surface area is 133 Å². The molecule has 0 spiro atoms. The number of likely N-dealkylation sites (tertiary alicyclic amines) is 2. The lowest BCUT2D eigenvalue weighted by molar-refractivity contribution is -0.272. The van der Waals surface area contributed by atoms with Gasteiger partial charge in [0.05, 0.1) is 0 Å². The molecule has 1 atom stereocenters. The van der Waals surface area contributed by atoms with E-state index in [1.54, 1.807) is 11.8 Å². The molecule has 2 heterocycles. The molecule has 0 saturated carbocycles. The summed E-state index contributed by atoms with van der Waals surface area (Å²) in [6.45, 7) is 1.96. The minimum absolute atomic E-state index is 0.105. The van der Waals surface area contributed by atoms with Crippen LogP contribution in [0.25, 0.3) is 0 Å². The third-order valence-corrected chi connectivity index (χ3v) is 4.84. The van der Waals surface area contributed by atoms with Crippen molar-refractivity contribution in [1.29, 1.82) is 0 Å². The molecule has 2 saturated heterocycles. The Kier molecular flexibility index (Phi) is 5.23. The van der Waals surface area contributed by atoms with Gasteiger partial charge in [0.2, 0.25) is 11.8 Å². The van der Waals surface area contributed by atoms with Crippen molar-refractivity contribution in [2.45, 2.75) is 63.3 Å². The quantitative estimate of drug-likeness (QED) is 0.835. The fraction of sp³-hybridized carbons (Fsp3) is 0.867. The van der Waals surface area contributed by atoms with Crippen molar-refractivity contribution in [3.05, 3.63) is 0 Å². The standard InChI is InChI=1S/C15H23F3N2O3/c1-2-12(21)20-8-4-3-5-11(20)13(22)19-9-6-14(23,7-10-19)15(16,17)18/h11,23H,2-10H2,1H3. The van der Waals surface area contributed by atoms with Crippen LogP contribution in [0.4, 0.5) is 13.2 Å². The van der Waals surface area contributed by atoms with Crippen molar-refractivity contribution in [2.24, 2.45) is 0 Å². The fourth-order valence-electron chi connectivity index (χ4n) is 3.28. The van der Waals surface area contributed by atoms with E-state index in [0.717, 1.165) is 12.8 Å². The van der Waals surface area contributed by atoms with Gasteiger partial charge in [0.25, 0.3) is 0 Å². The van der Waals surface area contributed by atoms with Crippen molar-refractivity contribution in [3.63, 3.8) is 0 Å². The molecule has 2 aliphatic heterocycles. The van der Waals surface area contributed by atoms with Crippen molar-refractivity contribution >= 4 is 11.8 Å². The Balaban J connectivity index is 2.02. The summed E-state index contributed by atoms with van der Waals surface area (Å²) >= 11 is 0. The van der Waals surface area contributed by atoms with Gasteiger partial charge in [0.1, 0.15) is 6.04 Å². The number of piperidine rings is 2. The summed E-state index contributed by atoms with van der Waals surface area (Å²) in [6, 6.07) is -0.576. The van der Waals surface area contributed by atoms with E-state index in [-0.39, 0.29) is 24.9 Å². The SMILES string of the molecule is CCC(=O)N1CCCCC1C(=O)N1CCC(O)(C(F)(F)F)CC1. The number of amides is 2. The minimum Gasteiger partial charge on any atom is -0.380 e. The first kappa shape index (κ1) is 18.0. The molecule has 0 radical (unpaired) electrons. The molecule has 23 heavy (non-hydrogen) atoms. The summed E-state index contributed by atoms with van der Waals surface area (Å²) in [5, 5.41) is 9.67. The molecule has 0 aliphatic carbocycles. The predicted molar refractivity (Wildman–Crippen MR) is 76.5 cm³/mol. The molecule has 0 aromatic heterocycles. The Bertz CT molecular complexity index is 459. The topological polar surface area (TPSA) is 60.9 Å². The third-order valence-electron chi connectivity index (χ3n) is 4.84. The molecule has 2 fully saturated rings. The maximum atomic E-state index is 12.8. The van der Waals surface area contributed by atoms with Crippen LogP contribution in [-0.4, -0.2) is 64.2 Å². The Morgan fingerprint density at radius 2 is 1.78 bits per heavy atom. The molecule has 2 aliphatic rings. The van der Waals surface area contributed by atoms with E-state index in [0.29, 0.717) is 19.4 Å². The highest BCUT2D eigenvalue weighted by Gasteiger charge is 2.55. The first-order chi connectivity index (χ1) is 10.7. The molecule has 8 heteroatoms. The molecule has 0 aromatic rings. The Morgan fingerprint density at radius 3 is 2.30 bits per heavy atom. The van der Waals surface area contributed by atoms with Crippen LogP contribution < -0.4 is 0 Å². The molecule has 1 N–H and O–H groups in total. The summed E-state index contributed by atoms with van der Waals surface area (Å²) < 4.78 is 38.4. The van der Waals surface area contributed by atoms with Crippen LogP contribution in [0, 0.1) is 0 Å². The average molecular weight is 336 g/mol. The van der Waals surface area contributed by atoms with Crippen molar-refractivity contribution in [3.8, 4) is 0 Å². The van der Waals surface area contributed by atoms with Gasteiger partial charge in [0.15, 0.2) is 5.60 Å². The van der Waals surface area contributed by atoms with E-state index in [1.165, 1.54) is 4.90 Å². The van der Waals surface area contributed by atoms with Gasteiger partial charge >= 0.3 is 6.18 Å². The lowest BCUT2D eigenvalue weighted by atomic mass is 9.90. The van der Waals surface area contributed by atoms with Gasteiger partial charge in [0, 0.05) is 38.9 Å². The van der Waals surface area contributed by atoms with E-state index >= 15 is 0 Å². The van der Waals surface area contributed by atoms with Crippen molar-refractivity contribution < 1.29 is 27.9 Å².